The average molecular weight is 359 g/mol. The van der Waals surface area contributed by atoms with Gasteiger partial charge in [0, 0.05) is 24.1 Å². The largest absolute Gasteiger partial charge is 0.355 e. The Kier molecular flexibility index (Phi) is 6.21. The van der Waals surface area contributed by atoms with Gasteiger partial charge in [-0.25, -0.2) is 0 Å². The summed E-state index contributed by atoms with van der Waals surface area (Å²) in [6.07, 6.45) is 2.45. The highest BCUT2D eigenvalue weighted by Gasteiger charge is 2.08. The second-order valence-corrected chi connectivity index (χ2v) is 6.82. The van der Waals surface area contributed by atoms with Gasteiger partial charge in [0.2, 0.25) is 0 Å². The van der Waals surface area contributed by atoms with Crippen LogP contribution in [-0.4, -0.2) is 17.4 Å². The first-order valence-electron chi connectivity index (χ1n) is 9.27. The van der Waals surface area contributed by atoms with Crippen molar-refractivity contribution in [2.75, 3.05) is 11.9 Å². The third-order valence-corrected chi connectivity index (χ3v) is 4.40. The molecule has 1 aromatic heterocycles. The van der Waals surface area contributed by atoms with E-state index < -0.39 is 0 Å². The molecule has 1 amide bonds. The summed E-state index contributed by atoms with van der Waals surface area (Å²) in [6, 6.07) is 22.1. The minimum Gasteiger partial charge on any atom is -0.355 e. The number of hydrogen-bond donors (Lipinski definition) is 2. The number of carbonyl (C=O) groups is 1. The maximum atomic E-state index is 12.4. The Balaban J connectivity index is 1.58. The zero-order chi connectivity index (χ0) is 19.1. The van der Waals surface area contributed by atoms with Gasteiger partial charge in [-0.3, -0.25) is 9.78 Å². The number of hydrogen-bond acceptors (Lipinski definition) is 3. The topological polar surface area (TPSA) is 54.0 Å². The van der Waals surface area contributed by atoms with Crippen molar-refractivity contribution in [1.29, 1.82) is 0 Å². The van der Waals surface area contributed by atoms with Crippen molar-refractivity contribution >= 4 is 17.3 Å². The van der Waals surface area contributed by atoms with Crippen LogP contribution in [0.1, 0.15) is 41.4 Å². The number of aromatic nitrogens is 1. The lowest BCUT2D eigenvalue weighted by molar-refractivity contribution is 0.0949. The van der Waals surface area contributed by atoms with E-state index in [1.54, 1.807) is 12.3 Å². The fourth-order valence-electron chi connectivity index (χ4n) is 2.81. The quantitative estimate of drug-likeness (QED) is 0.629. The molecule has 0 fully saturated rings. The van der Waals surface area contributed by atoms with Crippen molar-refractivity contribution < 1.29 is 4.79 Å². The molecule has 27 heavy (non-hydrogen) atoms. The molecule has 0 unspecified atom stereocenters. The van der Waals surface area contributed by atoms with Crippen LogP contribution in [0.3, 0.4) is 0 Å². The van der Waals surface area contributed by atoms with Gasteiger partial charge in [-0.05, 0) is 47.7 Å². The maximum Gasteiger partial charge on any atom is 0.269 e. The Morgan fingerprint density at radius 3 is 2.41 bits per heavy atom. The van der Waals surface area contributed by atoms with Crippen LogP contribution < -0.4 is 10.6 Å². The SMILES string of the molecule is CC(C)c1ccc(Nc2ccnc(C(=O)NCCc3ccccc3)c2)cc1. The van der Waals surface area contributed by atoms with Crippen LogP contribution in [0.5, 0.6) is 0 Å². The molecule has 0 aliphatic heterocycles. The molecule has 0 aliphatic rings. The van der Waals surface area contributed by atoms with E-state index in [2.05, 4.69) is 65.9 Å². The van der Waals surface area contributed by atoms with E-state index in [0.29, 0.717) is 18.2 Å². The second-order valence-electron chi connectivity index (χ2n) is 6.82. The Hall–Kier alpha value is -3.14. The first kappa shape index (κ1) is 18.6. The Morgan fingerprint density at radius 1 is 0.963 bits per heavy atom. The Morgan fingerprint density at radius 2 is 1.70 bits per heavy atom. The number of anilines is 2. The zero-order valence-corrected chi connectivity index (χ0v) is 15.8. The minimum atomic E-state index is -0.162. The third-order valence-electron chi connectivity index (χ3n) is 4.40. The summed E-state index contributed by atoms with van der Waals surface area (Å²) in [5.41, 5.74) is 4.74. The number of amides is 1. The zero-order valence-electron chi connectivity index (χ0n) is 15.8. The maximum absolute atomic E-state index is 12.4. The molecule has 0 bridgehead atoms. The van der Waals surface area contributed by atoms with E-state index in [9.17, 15) is 4.79 Å². The molecule has 0 aliphatic carbocycles. The Bertz CT molecular complexity index is 874. The summed E-state index contributed by atoms with van der Waals surface area (Å²) in [7, 11) is 0. The molecule has 0 atom stereocenters. The van der Waals surface area contributed by atoms with Crippen molar-refractivity contribution in [3.05, 3.63) is 89.7 Å². The van der Waals surface area contributed by atoms with Crippen LogP contribution >= 0.6 is 0 Å². The number of carbonyl (C=O) groups excluding carboxylic acids is 1. The first-order valence-corrected chi connectivity index (χ1v) is 9.27. The van der Waals surface area contributed by atoms with E-state index in [1.807, 2.05) is 24.3 Å². The summed E-state index contributed by atoms with van der Waals surface area (Å²) in [5, 5.41) is 6.26. The van der Waals surface area contributed by atoms with Crippen LogP contribution in [0.25, 0.3) is 0 Å². The highest BCUT2D eigenvalue weighted by molar-refractivity contribution is 5.93. The van der Waals surface area contributed by atoms with Crippen LogP contribution in [0, 0.1) is 0 Å². The smallest absolute Gasteiger partial charge is 0.269 e. The van der Waals surface area contributed by atoms with Crippen LogP contribution in [0.15, 0.2) is 72.9 Å². The van der Waals surface area contributed by atoms with Gasteiger partial charge >= 0.3 is 0 Å². The van der Waals surface area contributed by atoms with Gasteiger partial charge in [-0.15, -0.1) is 0 Å². The van der Waals surface area contributed by atoms with Crippen molar-refractivity contribution in [2.45, 2.75) is 26.2 Å². The van der Waals surface area contributed by atoms with Gasteiger partial charge < -0.3 is 10.6 Å². The van der Waals surface area contributed by atoms with Gasteiger partial charge in [0.1, 0.15) is 5.69 Å². The molecule has 4 heteroatoms. The molecule has 0 saturated heterocycles. The summed E-state index contributed by atoms with van der Waals surface area (Å²) >= 11 is 0. The van der Waals surface area contributed by atoms with Gasteiger partial charge in [0.15, 0.2) is 0 Å². The molecule has 1 heterocycles. The van der Waals surface area contributed by atoms with E-state index in [4.69, 9.17) is 0 Å². The number of nitrogens with zero attached hydrogens (tertiary/aromatic N) is 1. The van der Waals surface area contributed by atoms with E-state index in [1.165, 1.54) is 11.1 Å². The molecule has 138 valence electrons. The molecule has 3 aromatic rings. The van der Waals surface area contributed by atoms with Gasteiger partial charge in [0.05, 0.1) is 0 Å². The van der Waals surface area contributed by atoms with Crippen LogP contribution in [0.2, 0.25) is 0 Å². The summed E-state index contributed by atoms with van der Waals surface area (Å²) in [5.74, 6) is 0.343. The molecule has 0 saturated carbocycles. The molecule has 2 N–H and O–H groups in total. The van der Waals surface area contributed by atoms with E-state index in [0.717, 1.165) is 17.8 Å². The van der Waals surface area contributed by atoms with Crippen LogP contribution in [0.4, 0.5) is 11.4 Å². The van der Waals surface area contributed by atoms with Crippen LogP contribution in [-0.2, 0) is 6.42 Å². The van der Waals surface area contributed by atoms with Crippen molar-refractivity contribution in [1.82, 2.24) is 10.3 Å². The lowest BCUT2D eigenvalue weighted by Gasteiger charge is -2.10. The van der Waals surface area contributed by atoms with Gasteiger partial charge in [-0.2, -0.15) is 0 Å². The molecule has 0 spiro atoms. The molecule has 3 rings (SSSR count). The van der Waals surface area contributed by atoms with Crippen molar-refractivity contribution in [2.24, 2.45) is 0 Å². The molecular formula is C23H25N3O. The average Bonchev–Trinajstić information content (AvgIpc) is 2.69. The molecule has 4 nitrogen and oxygen atoms in total. The number of nitrogens with one attached hydrogen (secondary N) is 2. The number of pyridine rings is 1. The second kappa shape index (κ2) is 8.99. The molecular weight excluding hydrogens is 334 g/mol. The monoisotopic (exact) mass is 359 g/mol. The van der Waals surface area contributed by atoms with E-state index in [-0.39, 0.29) is 5.91 Å². The predicted octanol–water partition coefficient (Wildman–Crippen LogP) is 4.92. The van der Waals surface area contributed by atoms with Gasteiger partial charge in [0.25, 0.3) is 5.91 Å². The summed E-state index contributed by atoms with van der Waals surface area (Å²) in [6.45, 7) is 4.93. The lowest BCUT2D eigenvalue weighted by atomic mass is 10.0. The first-order chi connectivity index (χ1) is 13.1. The highest BCUT2D eigenvalue weighted by atomic mass is 16.1. The standard InChI is InChI=1S/C23H25N3O/c1-17(2)19-8-10-20(11-9-19)26-21-13-15-24-22(16-21)23(27)25-14-12-18-6-4-3-5-7-18/h3-11,13,15-17H,12,14H2,1-2H3,(H,24,26)(H,25,27). The third kappa shape index (κ3) is 5.42. The normalized spacial score (nSPS) is 10.6. The van der Waals surface area contributed by atoms with E-state index >= 15 is 0 Å². The van der Waals surface area contributed by atoms with Crippen molar-refractivity contribution in [3.8, 4) is 0 Å². The summed E-state index contributed by atoms with van der Waals surface area (Å²) < 4.78 is 0. The fourth-order valence-corrected chi connectivity index (χ4v) is 2.81. The Labute approximate surface area is 160 Å². The number of rotatable bonds is 7. The molecule has 0 radical (unpaired) electrons. The lowest BCUT2D eigenvalue weighted by Crippen LogP contribution is -2.26. The molecule has 2 aromatic carbocycles. The highest BCUT2D eigenvalue weighted by Crippen LogP contribution is 2.20. The van der Waals surface area contributed by atoms with Crippen molar-refractivity contribution in [3.63, 3.8) is 0 Å². The number of benzene rings is 2. The predicted molar refractivity (Wildman–Crippen MR) is 111 cm³/mol. The summed E-state index contributed by atoms with van der Waals surface area (Å²) in [4.78, 5) is 16.5. The van der Waals surface area contributed by atoms with Gasteiger partial charge in [-0.1, -0.05) is 56.3 Å². The minimum absolute atomic E-state index is 0.162. The fraction of sp³-hybridized carbons (Fsp3) is 0.217.